The summed E-state index contributed by atoms with van der Waals surface area (Å²) in [6.07, 6.45) is 8.54. The van der Waals surface area contributed by atoms with Crippen LogP contribution >= 0.6 is 0 Å². The molecule has 3 N–H and O–H groups in total. The van der Waals surface area contributed by atoms with Gasteiger partial charge < -0.3 is 15.5 Å². The minimum atomic E-state index is -0.783. The van der Waals surface area contributed by atoms with Crippen molar-refractivity contribution in [1.82, 2.24) is 5.32 Å². The molecule has 0 fully saturated rings. The number of amides is 1. The van der Waals surface area contributed by atoms with Crippen molar-refractivity contribution in [3.8, 4) is 0 Å². The number of carbonyl (C=O) groups is 1. The summed E-state index contributed by atoms with van der Waals surface area (Å²) >= 11 is 0. The van der Waals surface area contributed by atoms with Crippen molar-refractivity contribution >= 4 is 5.91 Å². The van der Waals surface area contributed by atoms with Crippen molar-refractivity contribution < 1.29 is 15.0 Å². The first-order valence-corrected chi connectivity index (χ1v) is 5.54. The monoisotopic (exact) mass is 233 g/mol. The van der Waals surface area contributed by atoms with Crippen molar-refractivity contribution in [3.05, 3.63) is 47.1 Å². The van der Waals surface area contributed by atoms with E-state index in [9.17, 15) is 9.90 Å². The number of allylic oxidation sites excluding steroid dienone is 6. The largest absolute Gasteiger partial charge is 0.394 e. The van der Waals surface area contributed by atoms with Crippen LogP contribution in [0.25, 0.3) is 0 Å². The molecule has 2 aliphatic rings. The van der Waals surface area contributed by atoms with Gasteiger partial charge in [0.25, 0.3) is 5.91 Å². The summed E-state index contributed by atoms with van der Waals surface area (Å²) in [7, 11) is 0. The number of aliphatic hydroxyl groups is 2. The van der Waals surface area contributed by atoms with Crippen LogP contribution in [-0.2, 0) is 4.79 Å². The minimum absolute atomic E-state index is 0.272. The first-order valence-electron chi connectivity index (χ1n) is 5.54. The van der Waals surface area contributed by atoms with E-state index in [0.717, 1.165) is 11.1 Å². The first-order chi connectivity index (χ1) is 8.13. The second kappa shape index (κ2) is 4.69. The van der Waals surface area contributed by atoms with E-state index in [-0.39, 0.29) is 12.5 Å². The summed E-state index contributed by atoms with van der Waals surface area (Å²) in [5.74, 6) is -0.272. The summed E-state index contributed by atoms with van der Waals surface area (Å²) in [4.78, 5) is 12.0. The zero-order chi connectivity index (χ0) is 12.4. The van der Waals surface area contributed by atoms with Gasteiger partial charge in [-0.1, -0.05) is 24.3 Å². The predicted octanol–water partition coefficient (Wildman–Crippen LogP) is 0.207. The van der Waals surface area contributed by atoms with Crippen molar-refractivity contribution in [3.63, 3.8) is 0 Å². The van der Waals surface area contributed by atoms with Crippen LogP contribution in [0.3, 0.4) is 0 Å². The van der Waals surface area contributed by atoms with Gasteiger partial charge in [-0.2, -0.15) is 0 Å². The van der Waals surface area contributed by atoms with Gasteiger partial charge in [0.15, 0.2) is 0 Å². The van der Waals surface area contributed by atoms with Gasteiger partial charge in [0.2, 0.25) is 0 Å². The Hall–Kier alpha value is -1.65. The van der Waals surface area contributed by atoms with Crippen LogP contribution in [0.4, 0.5) is 0 Å². The minimum Gasteiger partial charge on any atom is -0.394 e. The lowest BCUT2D eigenvalue weighted by molar-refractivity contribution is -0.119. The number of fused-ring (bicyclic) bond motifs is 1. The Morgan fingerprint density at radius 3 is 2.82 bits per heavy atom. The molecule has 2 rings (SSSR count). The second-order valence-corrected chi connectivity index (χ2v) is 4.14. The smallest absolute Gasteiger partial charge is 0.252 e. The molecule has 2 aliphatic carbocycles. The van der Waals surface area contributed by atoms with Crippen LogP contribution in [0, 0.1) is 0 Å². The van der Waals surface area contributed by atoms with E-state index in [1.807, 2.05) is 24.3 Å². The number of hydrogen-bond acceptors (Lipinski definition) is 3. The molecule has 0 saturated carbocycles. The zero-order valence-corrected chi connectivity index (χ0v) is 9.55. The molecular weight excluding hydrogens is 218 g/mol. The Labute approximate surface area is 99.6 Å². The third kappa shape index (κ3) is 2.23. The lowest BCUT2D eigenvalue weighted by atomic mass is 10.1. The molecule has 0 aromatic carbocycles. The molecule has 0 unspecified atom stereocenters. The van der Waals surface area contributed by atoms with Gasteiger partial charge in [-0.05, 0) is 24.1 Å². The third-order valence-electron chi connectivity index (χ3n) is 2.91. The predicted molar refractivity (Wildman–Crippen MR) is 64.1 cm³/mol. The van der Waals surface area contributed by atoms with Gasteiger partial charge in [-0.15, -0.1) is 0 Å². The van der Waals surface area contributed by atoms with E-state index in [1.165, 1.54) is 6.92 Å². The summed E-state index contributed by atoms with van der Waals surface area (Å²) in [6, 6.07) is -0.637. The summed E-state index contributed by atoms with van der Waals surface area (Å²) in [5, 5.41) is 21.0. The summed E-state index contributed by atoms with van der Waals surface area (Å²) in [6.45, 7) is 1.25. The topological polar surface area (TPSA) is 69.6 Å². The summed E-state index contributed by atoms with van der Waals surface area (Å²) < 4.78 is 0. The van der Waals surface area contributed by atoms with E-state index in [2.05, 4.69) is 5.32 Å². The third-order valence-corrected chi connectivity index (χ3v) is 2.91. The number of carbonyl (C=O) groups excluding carboxylic acids is 1. The Bertz CT molecular complexity index is 455. The maximum atomic E-state index is 12.0. The standard InChI is InChI=1S/C13H15NO3/c1-8(16)12(7-15)14-13(17)11-6-5-9-3-2-4-10(9)11/h2-6,8,12,15-16H,7H2,1H3,(H,14,17)/t8-,12+/m0/s1. The molecule has 4 nitrogen and oxygen atoms in total. The SMILES string of the molecule is C[C@H](O)[C@@H](CO)NC(=O)C1=C2C=CC=C2C=C1. The Morgan fingerprint density at radius 1 is 1.41 bits per heavy atom. The fourth-order valence-electron chi connectivity index (χ4n) is 1.85. The Balaban J connectivity index is 2.12. The quantitative estimate of drug-likeness (QED) is 0.650. The molecule has 0 spiro atoms. The Morgan fingerprint density at radius 2 is 2.18 bits per heavy atom. The molecule has 17 heavy (non-hydrogen) atoms. The number of rotatable bonds is 4. The molecule has 4 heteroatoms. The van der Waals surface area contributed by atoms with E-state index in [4.69, 9.17) is 5.11 Å². The molecule has 0 heterocycles. The molecule has 2 atom stereocenters. The fourth-order valence-corrected chi connectivity index (χ4v) is 1.85. The van der Waals surface area contributed by atoms with E-state index >= 15 is 0 Å². The number of aliphatic hydroxyl groups excluding tert-OH is 2. The Kier molecular flexibility index (Phi) is 3.26. The van der Waals surface area contributed by atoms with Crippen LogP contribution in [0.15, 0.2) is 47.1 Å². The van der Waals surface area contributed by atoms with Crippen molar-refractivity contribution in [2.45, 2.75) is 19.1 Å². The highest BCUT2D eigenvalue weighted by molar-refractivity contribution is 6.00. The maximum Gasteiger partial charge on any atom is 0.252 e. The molecule has 90 valence electrons. The molecule has 0 saturated heterocycles. The highest BCUT2D eigenvalue weighted by atomic mass is 16.3. The average molecular weight is 233 g/mol. The van der Waals surface area contributed by atoms with E-state index in [1.54, 1.807) is 6.08 Å². The summed E-state index contributed by atoms with van der Waals surface area (Å²) in [5.41, 5.74) is 2.49. The van der Waals surface area contributed by atoms with Crippen molar-refractivity contribution in [2.75, 3.05) is 6.61 Å². The van der Waals surface area contributed by atoms with Crippen LogP contribution in [0.5, 0.6) is 0 Å². The lowest BCUT2D eigenvalue weighted by Gasteiger charge is -2.19. The molecule has 0 radical (unpaired) electrons. The highest BCUT2D eigenvalue weighted by Gasteiger charge is 2.23. The zero-order valence-electron chi connectivity index (χ0n) is 9.55. The number of hydrogen-bond donors (Lipinski definition) is 3. The maximum absolute atomic E-state index is 12.0. The second-order valence-electron chi connectivity index (χ2n) is 4.14. The molecule has 0 aromatic heterocycles. The van der Waals surface area contributed by atoms with Crippen LogP contribution in [-0.4, -0.2) is 34.9 Å². The normalized spacial score (nSPS) is 20.3. The van der Waals surface area contributed by atoms with E-state index < -0.39 is 12.1 Å². The average Bonchev–Trinajstić information content (AvgIpc) is 2.86. The van der Waals surface area contributed by atoms with Gasteiger partial charge in [-0.3, -0.25) is 4.79 Å². The fraction of sp³-hybridized carbons (Fsp3) is 0.308. The van der Waals surface area contributed by atoms with Gasteiger partial charge in [0, 0.05) is 5.57 Å². The van der Waals surface area contributed by atoms with Crippen molar-refractivity contribution in [1.29, 1.82) is 0 Å². The van der Waals surface area contributed by atoms with Crippen LogP contribution < -0.4 is 5.32 Å². The van der Waals surface area contributed by atoms with Crippen LogP contribution in [0.1, 0.15) is 6.92 Å². The number of nitrogens with one attached hydrogen (secondary N) is 1. The van der Waals surface area contributed by atoms with Gasteiger partial charge in [0.05, 0.1) is 18.8 Å². The highest BCUT2D eigenvalue weighted by Crippen LogP contribution is 2.29. The molecule has 0 aromatic rings. The lowest BCUT2D eigenvalue weighted by Crippen LogP contribution is -2.45. The molecule has 0 bridgehead atoms. The molecular formula is C13H15NO3. The van der Waals surface area contributed by atoms with Gasteiger partial charge in [0.1, 0.15) is 0 Å². The van der Waals surface area contributed by atoms with Gasteiger partial charge >= 0.3 is 0 Å². The van der Waals surface area contributed by atoms with Crippen molar-refractivity contribution in [2.24, 2.45) is 0 Å². The first kappa shape index (κ1) is 11.8. The van der Waals surface area contributed by atoms with Crippen LogP contribution in [0.2, 0.25) is 0 Å². The van der Waals surface area contributed by atoms with E-state index in [0.29, 0.717) is 5.57 Å². The molecule has 0 aliphatic heterocycles. The molecule has 1 amide bonds. The van der Waals surface area contributed by atoms with Gasteiger partial charge in [-0.25, -0.2) is 0 Å².